The number of aryl methyl sites for hydroxylation is 1. The molecule has 1 unspecified atom stereocenters. The van der Waals surface area contributed by atoms with E-state index < -0.39 is 5.60 Å². The summed E-state index contributed by atoms with van der Waals surface area (Å²) in [4.78, 5) is 22.5. The molecular formula is C25H21N5O2S. The van der Waals surface area contributed by atoms with Crippen molar-refractivity contribution < 1.29 is 5.11 Å². The lowest BCUT2D eigenvalue weighted by Gasteiger charge is -2.20. The molecule has 0 aliphatic carbocycles. The average molecular weight is 456 g/mol. The third kappa shape index (κ3) is 2.98. The number of hydrogen-bond donors (Lipinski definition) is 1. The van der Waals surface area contributed by atoms with E-state index in [9.17, 15) is 9.90 Å². The first-order valence-electron chi connectivity index (χ1n) is 10.7. The van der Waals surface area contributed by atoms with Gasteiger partial charge in [0.15, 0.2) is 5.65 Å². The van der Waals surface area contributed by atoms with Gasteiger partial charge in [0.05, 0.1) is 24.0 Å². The maximum Gasteiger partial charge on any atom is 0.291 e. The second kappa shape index (κ2) is 7.19. The summed E-state index contributed by atoms with van der Waals surface area (Å²) < 4.78 is 4.15. The first kappa shape index (κ1) is 20.0. The molecular weight excluding hydrogens is 434 g/mol. The number of hydrogen-bond acceptors (Lipinski definition) is 6. The topological polar surface area (TPSA) is 85.3 Å². The molecule has 2 aromatic carbocycles. The number of aromatic nitrogens is 4. The number of fused-ring (bicyclic) bond motifs is 4. The van der Waals surface area contributed by atoms with Crippen LogP contribution >= 0.6 is 11.3 Å². The Balaban J connectivity index is 1.46. The van der Waals surface area contributed by atoms with Crippen molar-refractivity contribution >= 4 is 38.8 Å². The highest BCUT2D eigenvalue weighted by Gasteiger charge is 2.31. The van der Waals surface area contributed by atoms with Crippen LogP contribution in [-0.2, 0) is 25.7 Å². The van der Waals surface area contributed by atoms with Crippen molar-refractivity contribution in [1.29, 1.82) is 0 Å². The van der Waals surface area contributed by atoms with E-state index >= 15 is 0 Å². The SMILES string of the molecule is Cn1c2nc(C(C)(O)c3ccccc3)sc2c2cnn(Cc3cccc4c3C=NC4)c(=O)c21. The standard InChI is InChI=1S/C25H21N5O2S/c1-25(32,17-9-4-3-5-10-17)24-28-22-21(33-24)19-13-27-30(23(31)20(19)29(22)2)14-16-8-6-7-15-11-26-12-18(15)16/h3-10,12-13,32H,11,14H2,1-2H3. The first-order valence-corrected chi connectivity index (χ1v) is 11.5. The fraction of sp³-hybridized carbons (Fsp3) is 0.200. The number of aliphatic imine (C=N–C) groups is 1. The van der Waals surface area contributed by atoms with E-state index in [1.807, 2.05) is 60.3 Å². The summed E-state index contributed by atoms with van der Waals surface area (Å²) in [6.07, 6.45) is 3.60. The highest BCUT2D eigenvalue weighted by Crippen LogP contribution is 2.38. The molecule has 0 saturated heterocycles. The van der Waals surface area contributed by atoms with Gasteiger partial charge in [-0.1, -0.05) is 48.5 Å². The van der Waals surface area contributed by atoms with E-state index in [1.165, 1.54) is 21.6 Å². The van der Waals surface area contributed by atoms with Crippen molar-refractivity contribution in [3.63, 3.8) is 0 Å². The van der Waals surface area contributed by atoms with Gasteiger partial charge in [0.1, 0.15) is 16.1 Å². The van der Waals surface area contributed by atoms with Crippen LogP contribution in [0.15, 0.2) is 64.5 Å². The van der Waals surface area contributed by atoms with Crippen LogP contribution in [0.5, 0.6) is 0 Å². The Morgan fingerprint density at radius 3 is 2.79 bits per heavy atom. The summed E-state index contributed by atoms with van der Waals surface area (Å²) in [6, 6.07) is 15.5. The predicted octanol–water partition coefficient (Wildman–Crippen LogP) is 3.58. The molecule has 1 aliphatic heterocycles. The third-order valence-electron chi connectivity index (χ3n) is 6.37. The molecule has 4 heterocycles. The second-order valence-corrected chi connectivity index (χ2v) is 9.50. The molecule has 6 rings (SSSR count). The van der Waals surface area contributed by atoms with Crippen LogP contribution in [-0.4, -0.2) is 30.7 Å². The van der Waals surface area contributed by atoms with Gasteiger partial charge in [-0.3, -0.25) is 9.79 Å². The fourth-order valence-corrected chi connectivity index (χ4v) is 5.68. The molecule has 33 heavy (non-hydrogen) atoms. The van der Waals surface area contributed by atoms with Crippen LogP contribution in [0.4, 0.5) is 0 Å². The number of aliphatic hydroxyl groups is 1. The molecule has 7 nitrogen and oxygen atoms in total. The van der Waals surface area contributed by atoms with Crippen LogP contribution in [0.2, 0.25) is 0 Å². The Morgan fingerprint density at radius 1 is 1.15 bits per heavy atom. The Labute approximate surface area is 193 Å². The van der Waals surface area contributed by atoms with Crippen LogP contribution in [0, 0.1) is 0 Å². The van der Waals surface area contributed by atoms with Crippen molar-refractivity contribution in [3.05, 3.63) is 92.3 Å². The minimum atomic E-state index is -1.23. The molecule has 164 valence electrons. The third-order valence-corrected chi connectivity index (χ3v) is 7.66. The molecule has 1 N–H and O–H groups in total. The van der Waals surface area contributed by atoms with Gasteiger partial charge >= 0.3 is 0 Å². The quantitative estimate of drug-likeness (QED) is 0.449. The number of rotatable bonds is 4. The Kier molecular flexibility index (Phi) is 4.36. The van der Waals surface area contributed by atoms with Gasteiger partial charge in [-0.2, -0.15) is 5.10 Å². The number of nitrogens with zero attached hydrogens (tertiary/aromatic N) is 5. The zero-order valence-corrected chi connectivity index (χ0v) is 19.0. The average Bonchev–Trinajstić information content (AvgIpc) is 3.53. The van der Waals surface area contributed by atoms with Crippen LogP contribution < -0.4 is 5.56 Å². The minimum absolute atomic E-state index is 0.163. The second-order valence-electron chi connectivity index (χ2n) is 8.50. The lowest BCUT2D eigenvalue weighted by molar-refractivity contribution is 0.102. The smallest absolute Gasteiger partial charge is 0.291 e. The molecule has 1 atom stereocenters. The molecule has 0 fully saturated rings. The lowest BCUT2D eigenvalue weighted by atomic mass is 9.97. The molecule has 0 spiro atoms. The number of thiazole rings is 1. The van der Waals surface area contributed by atoms with Gasteiger partial charge in [0.2, 0.25) is 0 Å². The normalized spacial score (nSPS) is 14.8. The molecule has 3 aromatic heterocycles. The lowest BCUT2D eigenvalue weighted by Crippen LogP contribution is -2.25. The predicted molar refractivity (Wildman–Crippen MR) is 130 cm³/mol. The fourth-order valence-electron chi connectivity index (χ4n) is 4.50. The Bertz CT molecular complexity index is 1630. The van der Waals surface area contributed by atoms with Gasteiger partial charge in [-0.15, -0.1) is 11.3 Å². The van der Waals surface area contributed by atoms with E-state index in [1.54, 1.807) is 13.1 Å². The highest BCUT2D eigenvalue weighted by molar-refractivity contribution is 7.19. The van der Waals surface area contributed by atoms with Crippen molar-refractivity contribution in [2.24, 2.45) is 12.0 Å². The molecule has 0 bridgehead atoms. The van der Waals surface area contributed by atoms with E-state index in [4.69, 9.17) is 4.98 Å². The zero-order chi connectivity index (χ0) is 22.7. The Hall–Kier alpha value is -3.62. The van der Waals surface area contributed by atoms with Crippen molar-refractivity contribution in [2.75, 3.05) is 0 Å². The number of benzene rings is 2. The molecule has 0 saturated carbocycles. The Morgan fingerprint density at radius 2 is 1.97 bits per heavy atom. The molecule has 8 heteroatoms. The van der Waals surface area contributed by atoms with Gasteiger partial charge in [0.25, 0.3) is 5.56 Å². The zero-order valence-electron chi connectivity index (χ0n) is 18.2. The van der Waals surface area contributed by atoms with Gasteiger partial charge < -0.3 is 9.67 Å². The molecule has 0 amide bonds. The maximum absolute atomic E-state index is 13.4. The minimum Gasteiger partial charge on any atom is -0.378 e. The summed E-state index contributed by atoms with van der Waals surface area (Å²) in [5.74, 6) is 0. The van der Waals surface area contributed by atoms with Crippen LogP contribution in [0.3, 0.4) is 0 Å². The summed E-state index contributed by atoms with van der Waals surface area (Å²) in [5.41, 5.74) is 3.89. The summed E-state index contributed by atoms with van der Waals surface area (Å²) >= 11 is 1.40. The first-order chi connectivity index (χ1) is 15.9. The summed E-state index contributed by atoms with van der Waals surface area (Å²) in [5, 5.41) is 17.0. The molecule has 1 aliphatic rings. The van der Waals surface area contributed by atoms with Crippen molar-refractivity contribution in [1.82, 2.24) is 19.3 Å². The van der Waals surface area contributed by atoms with E-state index in [2.05, 4.69) is 16.2 Å². The van der Waals surface area contributed by atoms with Crippen LogP contribution in [0.1, 0.15) is 34.2 Å². The van der Waals surface area contributed by atoms with E-state index in [-0.39, 0.29) is 5.56 Å². The maximum atomic E-state index is 13.4. The van der Waals surface area contributed by atoms with Crippen molar-refractivity contribution in [2.45, 2.75) is 25.6 Å². The highest BCUT2D eigenvalue weighted by atomic mass is 32.1. The van der Waals surface area contributed by atoms with Crippen molar-refractivity contribution in [3.8, 4) is 0 Å². The van der Waals surface area contributed by atoms with Crippen LogP contribution in [0.25, 0.3) is 21.3 Å². The molecule has 5 aromatic rings. The van der Waals surface area contributed by atoms with Gasteiger partial charge in [0, 0.05) is 24.2 Å². The molecule has 0 radical (unpaired) electrons. The van der Waals surface area contributed by atoms with E-state index in [0.29, 0.717) is 29.3 Å². The van der Waals surface area contributed by atoms with Gasteiger partial charge in [-0.05, 0) is 23.6 Å². The largest absolute Gasteiger partial charge is 0.378 e. The summed E-state index contributed by atoms with van der Waals surface area (Å²) in [7, 11) is 1.84. The summed E-state index contributed by atoms with van der Waals surface area (Å²) in [6.45, 7) is 2.80. The van der Waals surface area contributed by atoms with Gasteiger partial charge in [-0.25, -0.2) is 9.67 Å². The van der Waals surface area contributed by atoms with E-state index in [0.717, 1.165) is 26.8 Å². The monoisotopic (exact) mass is 455 g/mol.